The van der Waals surface area contributed by atoms with Crippen molar-refractivity contribution in [3.63, 3.8) is 0 Å². The molecule has 0 heterocycles. The highest BCUT2D eigenvalue weighted by atomic mass is 19.1. The van der Waals surface area contributed by atoms with Crippen LogP contribution in [0.1, 0.15) is 38.4 Å². The molecule has 0 amide bonds. The Hall–Kier alpha value is -1.04. The van der Waals surface area contributed by atoms with Gasteiger partial charge in [0, 0.05) is 24.3 Å². The molecule has 0 radical (unpaired) electrons. The van der Waals surface area contributed by atoms with Crippen LogP contribution in [-0.4, -0.2) is 28.9 Å². The minimum Gasteiger partial charge on any atom is -0.396 e. The normalized spacial score (nSPS) is 16.1. The zero-order chi connectivity index (χ0) is 14.5. The fourth-order valence-electron chi connectivity index (χ4n) is 1.86. The molecule has 108 valence electrons. The third-order valence-electron chi connectivity index (χ3n) is 3.48. The van der Waals surface area contributed by atoms with Crippen LogP contribution in [0.25, 0.3) is 0 Å². The van der Waals surface area contributed by atoms with Crippen LogP contribution in [0, 0.1) is 11.6 Å². The summed E-state index contributed by atoms with van der Waals surface area (Å²) in [6, 6.07) is 3.01. The lowest BCUT2D eigenvalue weighted by molar-refractivity contribution is 0.142. The summed E-state index contributed by atoms with van der Waals surface area (Å²) in [5, 5.41) is 22.0. The van der Waals surface area contributed by atoms with Crippen LogP contribution >= 0.6 is 0 Å². The van der Waals surface area contributed by atoms with Crippen LogP contribution < -0.4 is 5.32 Å². The third kappa shape index (κ3) is 4.53. The molecule has 1 aromatic rings. The molecule has 2 unspecified atom stereocenters. The number of hydrogen-bond donors (Lipinski definition) is 3. The molecule has 0 aliphatic carbocycles. The molecular formula is C14H21F2NO2. The summed E-state index contributed by atoms with van der Waals surface area (Å²) in [6.07, 6.45) is 0.161. The SMILES string of the molecule is CCC(C)(CCO)NCC(O)c1cc(F)ccc1F. The number of aliphatic hydroxyl groups is 2. The number of halogens is 2. The van der Waals surface area contributed by atoms with E-state index < -0.39 is 17.7 Å². The average molecular weight is 273 g/mol. The zero-order valence-corrected chi connectivity index (χ0v) is 11.3. The van der Waals surface area contributed by atoms with Crippen molar-refractivity contribution in [2.75, 3.05) is 13.2 Å². The second kappa shape index (κ2) is 6.93. The summed E-state index contributed by atoms with van der Waals surface area (Å²) in [7, 11) is 0. The van der Waals surface area contributed by atoms with Crippen molar-refractivity contribution in [1.29, 1.82) is 0 Å². The maximum Gasteiger partial charge on any atom is 0.129 e. The van der Waals surface area contributed by atoms with E-state index in [1.807, 2.05) is 13.8 Å². The van der Waals surface area contributed by atoms with Gasteiger partial charge >= 0.3 is 0 Å². The highest BCUT2D eigenvalue weighted by Crippen LogP contribution is 2.20. The maximum atomic E-state index is 13.5. The molecule has 3 nitrogen and oxygen atoms in total. The van der Waals surface area contributed by atoms with Gasteiger partial charge in [0.2, 0.25) is 0 Å². The quantitative estimate of drug-likeness (QED) is 0.713. The van der Waals surface area contributed by atoms with Gasteiger partial charge in [-0.05, 0) is 38.0 Å². The van der Waals surface area contributed by atoms with Crippen LogP contribution in [0.5, 0.6) is 0 Å². The summed E-state index contributed by atoms with van der Waals surface area (Å²) in [5.41, 5.74) is -0.394. The Bertz CT molecular complexity index is 414. The molecule has 2 atom stereocenters. The number of rotatable bonds is 7. The van der Waals surface area contributed by atoms with Gasteiger partial charge in [-0.15, -0.1) is 0 Å². The van der Waals surface area contributed by atoms with E-state index in [4.69, 9.17) is 5.11 Å². The molecule has 0 bridgehead atoms. The Morgan fingerprint density at radius 1 is 1.37 bits per heavy atom. The molecule has 3 N–H and O–H groups in total. The van der Waals surface area contributed by atoms with Crippen molar-refractivity contribution in [2.24, 2.45) is 0 Å². The topological polar surface area (TPSA) is 52.5 Å². The predicted octanol–water partition coefficient (Wildman–Crippen LogP) is 2.14. The van der Waals surface area contributed by atoms with E-state index in [9.17, 15) is 13.9 Å². The van der Waals surface area contributed by atoms with Crippen LogP contribution in [0.2, 0.25) is 0 Å². The number of aliphatic hydroxyl groups excluding tert-OH is 2. The Labute approximate surface area is 112 Å². The molecule has 0 saturated carbocycles. The number of nitrogens with one attached hydrogen (secondary N) is 1. The van der Waals surface area contributed by atoms with Gasteiger partial charge in [0.05, 0.1) is 6.10 Å². The van der Waals surface area contributed by atoms with E-state index in [0.717, 1.165) is 24.6 Å². The molecule has 0 aliphatic rings. The fraction of sp³-hybridized carbons (Fsp3) is 0.571. The molecule has 19 heavy (non-hydrogen) atoms. The van der Waals surface area contributed by atoms with Crippen molar-refractivity contribution in [3.05, 3.63) is 35.4 Å². The molecule has 0 fully saturated rings. The summed E-state index contributed by atoms with van der Waals surface area (Å²) in [5.74, 6) is -1.21. The van der Waals surface area contributed by atoms with Crippen LogP contribution in [0.3, 0.4) is 0 Å². The standard InChI is InChI=1S/C14H21F2NO2/c1-3-14(2,6-7-18)17-9-13(19)11-8-10(15)4-5-12(11)16/h4-5,8,13,17-19H,3,6-7,9H2,1-2H3. The van der Waals surface area contributed by atoms with Gasteiger partial charge in [0.15, 0.2) is 0 Å². The summed E-state index contributed by atoms with van der Waals surface area (Å²) in [4.78, 5) is 0. The molecule has 0 spiro atoms. The number of benzene rings is 1. The molecule has 0 saturated heterocycles. The molecule has 1 rings (SSSR count). The predicted molar refractivity (Wildman–Crippen MR) is 69.7 cm³/mol. The molecule has 0 aromatic heterocycles. The molecule has 5 heteroatoms. The Morgan fingerprint density at radius 2 is 2.05 bits per heavy atom. The number of β-amino-alcohol motifs (C(OH)–C–C–N with tert-alkyl or cyclic N) is 1. The largest absolute Gasteiger partial charge is 0.396 e. The summed E-state index contributed by atoms with van der Waals surface area (Å²) >= 11 is 0. The van der Waals surface area contributed by atoms with Crippen molar-refractivity contribution in [2.45, 2.75) is 38.3 Å². The third-order valence-corrected chi connectivity index (χ3v) is 3.48. The van der Waals surface area contributed by atoms with Gasteiger partial charge in [-0.3, -0.25) is 0 Å². The first kappa shape index (κ1) is 16.0. The van der Waals surface area contributed by atoms with E-state index in [2.05, 4.69) is 5.32 Å². The maximum absolute atomic E-state index is 13.5. The van der Waals surface area contributed by atoms with Crippen LogP contribution in [-0.2, 0) is 0 Å². The van der Waals surface area contributed by atoms with E-state index in [0.29, 0.717) is 6.42 Å². The lowest BCUT2D eigenvalue weighted by atomic mass is 9.94. The highest BCUT2D eigenvalue weighted by Gasteiger charge is 2.23. The van der Waals surface area contributed by atoms with Crippen molar-refractivity contribution < 1.29 is 19.0 Å². The van der Waals surface area contributed by atoms with E-state index >= 15 is 0 Å². The first-order valence-corrected chi connectivity index (χ1v) is 6.41. The number of hydrogen-bond acceptors (Lipinski definition) is 3. The van der Waals surface area contributed by atoms with E-state index in [1.165, 1.54) is 0 Å². The minimum atomic E-state index is -1.12. The van der Waals surface area contributed by atoms with Crippen molar-refractivity contribution in [3.8, 4) is 0 Å². The Morgan fingerprint density at radius 3 is 2.63 bits per heavy atom. The van der Waals surface area contributed by atoms with Crippen LogP contribution in [0.4, 0.5) is 8.78 Å². The van der Waals surface area contributed by atoms with Crippen molar-refractivity contribution in [1.82, 2.24) is 5.32 Å². The lowest BCUT2D eigenvalue weighted by Crippen LogP contribution is -2.44. The first-order chi connectivity index (χ1) is 8.91. The zero-order valence-electron chi connectivity index (χ0n) is 11.3. The monoisotopic (exact) mass is 273 g/mol. The second-order valence-corrected chi connectivity index (χ2v) is 4.95. The van der Waals surface area contributed by atoms with Gasteiger partial charge in [-0.25, -0.2) is 8.78 Å². The van der Waals surface area contributed by atoms with Crippen molar-refractivity contribution >= 4 is 0 Å². The van der Waals surface area contributed by atoms with Gasteiger partial charge in [-0.1, -0.05) is 6.92 Å². The fourth-order valence-corrected chi connectivity index (χ4v) is 1.86. The van der Waals surface area contributed by atoms with Gasteiger partial charge in [-0.2, -0.15) is 0 Å². The van der Waals surface area contributed by atoms with Gasteiger partial charge in [0.25, 0.3) is 0 Å². The molecule has 1 aromatic carbocycles. The summed E-state index contributed by atoms with van der Waals surface area (Å²) < 4.78 is 26.5. The first-order valence-electron chi connectivity index (χ1n) is 6.41. The molecule has 0 aliphatic heterocycles. The van der Waals surface area contributed by atoms with E-state index in [-0.39, 0.29) is 24.3 Å². The lowest BCUT2D eigenvalue weighted by Gasteiger charge is -2.30. The summed E-state index contributed by atoms with van der Waals surface area (Å²) in [6.45, 7) is 4.00. The minimum absolute atomic E-state index is 0.0295. The Kier molecular flexibility index (Phi) is 5.85. The van der Waals surface area contributed by atoms with E-state index in [1.54, 1.807) is 0 Å². The van der Waals surface area contributed by atoms with Gasteiger partial charge in [0.1, 0.15) is 11.6 Å². The average Bonchev–Trinajstić information content (AvgIpc) is 2.39. The smallest absolute Gasteiger partial charge is 0.129 e. The molecular weight excluding hydrogens is 252 g/mol. The highest BCUT2D eigenvalue weighted by molar-refractivity contribution is 5.21. The van der Waals surface area contributed by atoms with Gasteiger partial charge < -0.3 is 15.5 Å². The Balaban J connectivity index is 2.69. The second-order valence-electron chi connectivity index (χ2n) is 4.95. The van der Waals surface area contributed by atoms with Crippen LogP contribution in [0.15, 0.2) is 18.2 Å².